The number of likely N-dealkylation sites (tertiary alicyclic amines) is 1. The van der Waals surface area contributed by atoms with Crippen molar-refractivity contribution < 1.29 is 32.6 Å². The van der Waals surface area contributed by atoms with Crippen molar-refractivity contribution >= 4 is 34.8 Å². The molecular weight excluding hydrogens is 585 g/mol. The number of hydrogen-bond donors (Lipinski definition) is 2. The van der Waals surface area contributed by atoms with Crippen LogP contribution in [0.5, 0.6) is 5.75 Å². The molecule has 1 aliphatic heterocycles. The Labute approximate surface area is 255 Å². The molecular formula is C32H42N2O7SSi. The summed E-state index contributed by atoms with van der Waals surface area (Å²) in [7, 11) is -5.23. The van der Waals surface area contributed by atoms with Gasteiger partial charge in [-0.1, -0.05) is 93.6 Å². The Morgan fingerprint density at radius 2 is 1.51 bits per heavy atom. The van der Waals surface area contributed by atoms with Crippen LogP contribution in [0.3, 0.4) is 0 Å². The Hall–Kier alpha value is -3.22. The lowest BCUT2D eigenvalue weighted by Crippen LogP contribution is -2.67. The molecule has 0 unspecified atom stereocenters. The average Bonchev–Trinajstić information content (AvgIpc) is 3.34. The smallest absolute Gasteiger partial charge is 0.408 e. The van der Waals surface area contributed by atoms with Gasteiger partial charge in [0.2, 0.25) is 10.0 Å². The SMILES string of the molecule is COc1ccc(CN([C@H]2C[C@@H](CO[Si](c3ccccc3)(c3ccccc3)C(C)(C)C)N(C(=O)O)[C@H]2CO)S(C)(=O)=O)cc1. The molecule has 0 aromatic heterocycles. The number of aliphatic hydroxyl groups excluding tert-OH is 1. The number of benzene rings is 3. The van der Waals surface area contributed by atoms with E-state index in [1.165, 1.54) is 9.21 Å². The van der Waals surface area contributed by atoms with Crippen molar-refractivity contribution in [2.75, 3.05) is 26.6 Å². The highest BCUT2D eigenvalue weighted by molar-refractivity contribution is 7.88. The summed E-state index contributed by atoms with van der Waals surface area (Å²) in [4.78, 5) is 13.9. The van der Waals surface area contributed by atoms with Crippen molar-refractivity contribution in [2.24, 2.45) is 0 Å². The first-order valence-corrected chi connectivity index (χ1v) is 18.1. The summed E-state index contributed by atoms with van der Waals surface area (Å²) in [5.74, 6) is 0.640. The molecule has 0 radical (unpaired) electrons. The number of hydrogen-bond acceptors (Lipinski definition) is 6. The molecule has 4 rings (SSSR count). The summed E-state index contributed by atoms with van der Waals surface area (Å²) in [5.41, 5.74) is 0.719. The molecule has 0 aliphatic carbocycles. The third-order valence-electron chi connectivity index (χ3n) is 8.32. The van der Waals surface area contributed by atoms with Crippen LogP contribution < -0.4 is 15.1 Å². The first kappa shape index (κ1) is 32.7. The van der Waals surface area contributed by atoms with Crippen molar-refractivity contribution in [1.29, 1.82) is 0 Å². The Morgan fingerprint density at radius 1 is 0.977 bits per heavy atom. The quantitative estimate of drug-likeness (QED) is 0.313. The summed E-state index contributed by atoms with van der Waals surface area (Å²) in [6, 6.07) is 24.7. The van der Waals surface area contributed by atoms with Crippen LogP contribution in [0, 0.1) is 0 Å². The number of sulfonamides is 1. The molecule has 2 N–H and O–H groups in total. The lowest BCUT2D eigenvalue weighted by atomic mass is 10.1. The number of amides is 1. The summed E-state index contributed by atoms with van der Waals surface area (Å²) in [6.45, 7) is 5.97. The highest BCUT2D eigenvalue weighted by Gasteiger charge is 2.53. The molecule has 232 valence electrons. The fourth-order valence-corrected chi connectivity index (χ4v) is 12.0. The Bertz CT molecular complexity index is 1430. The summed E-state index contributed by atoms with van der Waals surface area (Å²) < 4.78 is 39.9. The molecule has 0 spiro atoms. The van der Waals surface area contributed by atoms with Gasteiger partial charge in [-0.25, -0.2) is 13.2 Å². The first-order chi connectivity index (χ1) is 20.3. The van der Waals surface area contributed by atoms with E-state index in [4.69, 9.17) is 9.16 Å². The zero-order valence-electron chi connectivity index (χ0n) is 25.4. The minimum Gasteiger partial charge on any atom is -0.497 e. The zero-order valence-corrected chi connectivity index (χ0v) is 27.2. The van der Waals surface area contributed by atoms with E-state index in [9.17, 15) is 23.4 Å². The van der Waals surface area contributed by atoms with E-state index in [0.717, 1.165) is 22.2 Å². The number of ether oxygens (including phenoxy) is 1. The van der Waals surface area contributed by atoms with Gasteiger partial charge in [0, 0.05) is 6.54 Å². The van der Waals surface area contributed by atoms with Crippen LogP contribution in [0.4, 0.5) is 4.79 Å². The van der Waals surface area contributed by atoms with Gasteiger partial charge in [0.1, 0.15) is 5.75 Å². The molecule has 11 heteroatoms. The maximum absolute atomic E-state index is 13.1. The van der Waals surface area contributed by atoms with Crippen molar-refractivity contribution in [3.63, 3.8) is 0 Å². The minimum atomic E-state index is -3.79. The summed E-state index contributed by atoms with van der Waals surface area (Å²) >= 11 is 0. The second-order valence-electron chi connectivity index (χ2n) is 12.0. The second-order valence-corrected chi connectivity index (χ2v) is 18.3. The second kappa shape index (κ2) is 13.2. The normalized spacial score (nSPS) is 19.5. The Kier molecular flexibility index (Phi) is 10.0. The van der Waals surface area contributed by atoms with E-state index in [1.807, 2.05) is 36.4 Å². The molecule has 1 saturated heterocycles. The van der Waals surface area contributed by atoms with E-state index in [2.05, 4.69) is 45.0 Å². The molecule has 0 bridgehead atoms. The van der Waals surface area contributed by atoms with Gasteiger partial charge in [0.05, 0.1) is 44.7 Å². The highest BCUT2D eigenvalue weighted by Crippen LogP contribution is 2.38. The van der Waals surface area contributed by atoms with Crippen LogP contribution >= 0.6 is 0 Å². The van der Waals surface area contributed by atoms with Crippen molar-refractivity contribution in [1.82, 2.24) is 9.21 Å². The molecule has 1 heterocycles. The minimum absolute atomic E-state index is 0.0275. The Morgan fingerprint density at radius 3 is 1.93 bits per heavy atom. The number of carbonyl (C=O) groups is 1. The average molecular weight is 627 g/mol. The largest absolute Gasteiger partial charge is 0.497 e. The molecule has 1 fully saturated rings. The number of carboxylic acid groups (broad SMARTS) is 1. The fourth-order valence-electron chi connectivity index (χ4n) is 6.35. The molecule has 1 aliphatic rings. The standard InChI is InChI=1S/C32H42N2O7SSi/c1-32(2,3)43(27-12-8-6-9-13-27,28-14-10-7-11-15-28)41-23-25-20-29(30(22-35)34(25)31(36)37)33(42(5,38)39)21-24-16-18-26(40-4)19-17-24/h6-19,25,29-30,35H,20-23H2,1-5H3,(H,36,37)/t25-,29-,30-/m0/s1. The molecule has 0 saturated carbocycles. The third kappa shape index (κ3) is 6.81. The van der Waals surface area contributed by atoms with Crippen molar-refractivity contribution in [3.05, 3.63) is 90.5 Å². The maximum Gasteiger partial charge on any atom is 0.408 e. The monoisotopic (exact) mass is 626 g/mol. The number of methoxy groups -OCH3 is 1. The molecule has 1 amide bonds. The van der Waals surface area contributed by atoms with Crippen LogP contribution in [-0.4, -0.2) is 87.0 Å². The molecule has 3 aromatic rings. The van der Waals surface area contributed by atoms with Crippen molar-refractivity contribution in [3.8, 4) is 5.75 Å². The van der Waals surface area contributed by atoms with E-state index in [1.54, 1.807) is 31.4 Å². The zero-order chi connectivity index (χ0) is 31.4. The van der Waals surface area contributed by atoms with Gasteiger partial charge in [-0.15, -0.1) is 0 Å². The van der Waals surface area contributed by atoms with Gasteiger partial charge >= 0.3 is 6.09 Å². The molecule has 43 heavy (non-hydrogen) atoms. The van der Waals surface area contributed by atoms with E-state index in [-0.39, 0.29) is 24.6 Å². The predicted octanol–water partition coefficient (Wildman–Crippen LogP) is 3.52. The number of aliphatic hydroxyl groups is 1. The number of rotatable bonds is 11. The van der Waals surface area contributed by atoms with Crippen LogP contribution in [0.2, 0.25) is 5.04 Å². The van der Waals surface area contributed by atoms with Crippen LogP contribution in [-0.2, 0) is 21.0 Å². The summed E-state index contributed by atoms with van der Waals surface area (Å²) in [5, 5.41) is 22.6. The lowest BCUT2D eigenvalue weighted by Gasteiger charge is -2.44. The first-order valence-electron chi connectivity index (χ1n) is 14.3. The van der Waals surface area contributed by atoms with E-state index >= 15 is 0 Å². The molecule has 3 aromatic carbocycles. The highest BCUT2D eigenvalue weighted by atomic mass is 32.2. The molecule has 3 atom stereocenters. The predicted molar refractivity (Wildman–Crippen MR) is 170 cm³/mol. The number of nitrogens with zero attached hydrogens (tertiary/aromatic N) is 2. The molecule has 9 nitrogen and oxygen atoms in total. The van der Waals surface area contributed by atoms with Crippen LogP contribution in [0.25, 0.3) is 0 Å². The van der Waals surface area contributed by atoms with Gasteiger partial charge < -0.3 is 19.4 Å². The van der Waals surface area contributed by atoms with Crippen LogP contribution in [0.1, 0.15) is 32.8 Å². The van der Waals surface area contributed by atoms with Gasteiger partial charge in [-0.05, 0) is 39.5 Å². The maximum atomic E-state index is 13.1. The van der Waals surface area contributed by atoms with E-state index in [0.29, 0.717) is 5.75 Å². The fraction of sp³-hybridized carbons (Fsp3) is 0.406. The Balaban J connectivity index is 1.72. The topological polar surface area (TPSA) is 117 Å². The van der Waals surface area contributed by atoms with Gasteiger partial charge in [0.25, 0.3) is 8.32 Å². The van der Waals surface area contributed by atoms with Crippen LogP contribution in [0.15, 0.2) is 84.9 Å². The van der Waals surface area contributed by atoms with Gasteiger partial charge in [0.15, 0.2) is 0 Å². The van der Waals surface area contributed by atoms with E-state index < -0.39 is 49.2 Å². The lowest BCUT2D eigenvalue weighted by molar-refractivity contribution is 0.0751. The third-order valence-corrected chi connectivity index (χ3v) is 14.6. The van der Waals surface area contributed by atoms with Gasteiger partial charge in [-0.3, -0.25) is 4.90 Å². The summed E-state index contributed by atoms with van der Waals surface area (Å²) in [6.07, 6.45) is 0.0665. The van der Waals surface area contributed by atoms with Crippen molar-refractivity contribution in [2.45, 2.75) is 56.9 Å². The van der Waals surface area contributed by atoms with Gasteiger partial charge in [-0.2, -0.15) is 4.31 Å².